The Bertz CT molecular complexity index is 561. The minimum atomic E-state index is -3.39. The van der Waals surface area contributed by atoms with E-state index in [1.165, 1.54) is 0 Å². The highest BCUT2D eigenvalue weighted by molar-refractivity contribution is 7.91. The van der Waals surface area contributed by atoms with Crippen molar-refractivity contribution < 1.29 is 8.42 Å². The monoisotopic (exact) mass is 318 g/mol. The van der Waals surface area contributed by atoms with Gasteiger partial charge in [-0.15, -0.1) is 11.3 Å². The van der Waals surface area contributed by atoms with Crippen molar-refractivity contribution >= 4 is 38.6 Å². The Kier molecular flexibility index (Phi) is 4.60. The van der Waals surface area contributed by atoms with Gasteiger partial charge in [-0.1, -0.05) is 25.6 Å². The lowest BCUT2D eigenvalue weighted by Crippen LogP contribution is -2.33. The van der Waals surface area contributed by atoms with Crippen LogP contribution in [0.1, 0.15) is 37.5 Å². The van der Waals surface area contributed by atoms with Crippen molar-refractivity contribution in [2.45, 2.75) is 42.9 Å². The van der Waals surface area contributed by atoms with E-state index in [-0.39, 0.29) is 11.0 Å². The maximum absolute atomic E-state index is 12.6. The Morgan fingerprint density at radius 3 is 2.68 bits per heavy atom. The summed E-state index contributed by atoms with van der Waals surface area (Å²) < 4.78 is 27.2. The molecule has 0 radical (unpaired) electrons. The summed E-state index contributed by atoms with van der Waals surface area (Å²) in [6, 6.07) is 3.48. The first-order valence-corrected chi connectivity index (χ1v) is 9.04. The van der Waals surface area contributed by atoms with Crippen LogP contribution >= 0.6 is 23.6 Å². The number of thiophene rings is 1. The second-order valence-electron chi connectivity index (χ2n) is 4.68. The van der Waals surface area contributed by atoms with Crippen LogP contribution in [0.5, 0.6) is 0 Å². The fraction of sp³-hybridized carbons (Fsp3) is 0.583. The van der Waals surface area contributed by atoms with Gasteiger partial charge in [0.05, 0.1) is 4.88 Å². The molecule has 106 valence electrons. The molecule has 1 aliphatic carbocycles. The molecule has 7 heteroatoms. The number of hydrogen-bond donors (Lipinski definition) is 1. The molecule has 1 heterocycles. The average molecular weight is 318 g/mol. The van der Waals surface area contributed by atoms with Crippen molar-refractivity contribution in [2.24, 2.45) is 5.73 Å². The highest BCUT2D eigenvalue weighted by Crippen LogP contribution is 2.34. The second-order valence-corrected chi connectivity index (χ2v) is 8.32. The molecule has 0 aliphatic heterocycles. The van der Waals surface area contributed by atoms with Gasteiger partial charge in [0.25, 0.3) is 10.0 Å². The zero-order valence-corrected chi connectivity index (χ0v) is 13.3. The van der Waals surface area contributed by atoms with Crippen molar-refractivity contribution in [1.82, 2.24) is 4.31 Å². The van der Waals surface area contributed by atoms with Crippen LogP contribution in [0.4, 0.5) is 0 Å². The molecule has 1 fully saturated rings. The van der Waals surface area contributed by atoms with E-state index >= 15 is 0 Å². The molecular weight excluding hydrogens is 300 g/mol. The Balaban J connectivity index is 2.25. The average Bonchev–Trinajstić information content (AvgIpc) is 3.04. The summed E-state index contributed by atoms with van der Waals surface area (Å²) in [6.07, 6.45) is 3.82. The van der Waals surface area contributed by atoms with Crippen LogP contribution in [0.2, 0.25) is 0 Å². The number of nitrogens with two attached hydrogens (primary N) is 1. The van der Waals surface area contributed by atoms with E-state index in [0.717, 1.165) is 37.0 Å². The summed E-state index contributed by atoms with van der Waals surface area (Å²) in [4.78, 5) is 0.901. The lowest BCUT2D eigenvalue weighted by atomic mass is 10.3. The molecule has 1 saturated carbocycles. The zero-order chi connectivity index (χ0) is 14.0. The highest BCUT2D eigenvalue weighted by Gasteiger charge is 2.38. The van der Waals surface area contributed by atoms with Gasteiger partial charge in [0.1, 0.15) is 9.20 Å². The van der Waals surface area contributed by atoms with Crippen LogP contribution < -0.4 is 5.73 Å². The van der Waals surface area contributed by atoms with Gasteiger partial charge in [-0.3, -0.25) is 0 Å². The summed E-state index contributed by atoms with van der Waals surface area (Å²) in [6.45, 7) is 2.66. The van der Waals surface area contributed by atoms with Gasteiger partial charge in [-0.2, -0.15) is 4.31 Å². The molecule has 2 N–H and O–H groups in total. The van der Waals surface area contributed by atoms with Crippen molar-refractivity contribution in [3.8, 4) is 0 Å². The lowest BCUT2D eigenvalue weighted by Gasteiger charge is -2.20. The maximum atomic E-state index is 12.6. The van der Waals surface area contributed by atoms with Crippen LogP contribution in [0, 0.1) is 0 Å². The fourth-order valence-electron chi connectivity index (χ4n) is 1.88. The summed E-state index contributed by atoms with van der Waals surface area (Å²) in [5.41, 5.74) is 5.53. The number of unbranched alkanes of at least 4 members (excludes halogenated alkanes) is 1. The van der Waals surface area contributed by atoms with Crippen LogP contribution in [-0.2, 0) is 10.0 Å². The second kappa shape index (κ2) is 5.87. The summed E-state index contributed by atoms with van der Waals surface area (Å²) in [7, 11) is -3.39. The Morgan fingerprint density at radius 2 is 2.21 bits per heavy atom. The predicted molar refractivity (Wildman–Crippen MR) is 82.0 cm³/mol. The third-order valence-corrected chi connectivity index (χ3v) is 6.96. The van der Waals surface area contributed by atoms with Crippen molar-refractivity contribution in [2.75, 3.05) is 6.54 Å². The number of nitrogens with zero attached hydrogens (tertiary/aromatic N) is 1. The predicted octanol–water partition coefficient (Wildman–Crippen LogP) is 2.34. The number of rotatable bonds is 7. The number of hydrogen-bond acceptors (Lipinski definition) is 4. The number of thiocarbonyl (C=S) groups is 1. The van der Waals surface area contributed by atoms with Crippen LogP contribution in [0.25, 0.3) is 0 Å². The van der Waals surface area contributed by atoms with E-state index in [0.29, 0.717) is 15.6 Å². The maximum Gasteiger partial charge on any atom is 0.252 e. The van der Waals surface area contributed by atoms with E-state index in [1.807, 2.05) is 0 Å². The molecule has 0 unspecified atom stereocenters. The molecule has 0 bridgehead atoms. The molecule has 1 aliphatic rings. The molecule has 2 rings (SSSR count). The minimum absolute atomic E-state index is 0.187. The van der Waals surface area contributed by atoms with Gasteiger partial charge in [0.15, 0.2) is 0 Å². The van der Waals surface area contributed by atoms with Gasteiger partial charge in [0, 0.05) is 12.6 Å². The van der Waals surface area contributed by atoms with Crippen molar-refractivity contribution in [1.29, 1.82) is 0 Å². The third-order valence-electron chi connectivity index (χ3n) is 3.07. The summed E-state index contributed by atoms with van der Waals surface area (Å²) >= 11 is 6.04. The van der Waals surface area contributed by atoms with Crippen LogP contribution in [-0.4, -0.2) is 30.3 Å². The largest absolute Gasteiger partial charge is 0.389 e. The minimum Gasteiger partial charge on any atom is -0.389 e. The highest BCUT2D eigenvalue weighted by atomic mass is 32.2. The number of sulfonamides is 1. The van der Waals surface area contributed by atoms with Crippen LogP contribution in [0.3, 0.4) is 0 Å². The first-order valence-electron chi connectivity index (χ1n) is 6.38. The van der Waals surface area contributed by atoms with Crippen LogP contribution in [0.15, 0.2) is 16.3 Å². The molecule has 4 nitrogen and oxygen atoms in total. The van der Waals surface area contributed by atoms with Gasteiger partial charge >= 0.3 is 0 Å². The molecule has 0 atom stereocenters. The van der Waals surface area contributed by atoms with E-state index in [1.54, 1.807) is 16.4 Å². The Morgan fingerprint density at radius 1 is 1.53 bits per heavy atom. The fourth-order valence-corrected chi connectivity index (χ4v) is 5.09. The van der Waals surface area contributed by atoms with Gasteiger partial charge < -0.3 is 5.73 Å². The summed E-state index contributed by atoms with van der Waals surface area (Å²) in [5, 5.41) is 0. The SMILES string of the molecule is CCCCN(C1CC1)S(=O)(=O)c1ccc(C(N)=S)s1. The molecule has 0 saturated heterocycles. The normalized spacial score (nSPS) is 15.9. The topological polar surface area (TPSA) is 63.4 Å². The van der Waals surface area contributed by atoms with Crippen molar-refractivity contribution in [3.05, 3.63) is 17.0 Å². The molecule has 1 aromatic heterocycles. The quantitative estimate of drug-likeness (QED) is 0.784. The Labute approximate surface area is 123 Å². The van der Waals surface area contributed by atoms with Gasteiger partial charge in [0.2, 0.25) is 0 Å². The molecular formula is C12H18N2O2S3. The molecule has 0 aromatic carbocycles. The molecule has 0 amide bonds. The van der Waals surface area contributed by atoms with Crippen molar-refractivity contribution in [3.63, 3.8) is 0 Å². The van der Waals surface area contributed by atoms with E-state index in [4.69, 9.17) is 18.0 Å². The van der Waals surface area contributed by atoms with Gasteiger partial charge in [-0.05, 0) is 31.4 Å². The first kappa shape index (κ1) is 14.9. The van der Waals surface area contributed by atoms with E-state index in [2.05, 4.69) is 6.92 Å². The third kappa shape index (κ3) is 3.34. The van der Waals surface area contributed by atoms with E-state index < -0.39 is 10.0 Å². The smallest absolute Gasteiger partial charge is 0.252 e. The lowest BCUT2D eigenvalue weighted by molar-refractivity contribution is 0.397. The van der Waals surface area contributed by atoms with E-state index in [9.17, 15) is 8.42 Å². The first-order chi connectivity index (χ1) is 8.96. The Hall–Kier alpha value is -0.500. The van der Waals surface area contributed by atoms with Gasteiger partial charge in [-0.25, -0.2) is 8.42 Å². The molecule has 19 heavy (non-hydrogen) atoms. The standard InChI is InChI=1S/C12H18N2O2S3/c1-2-3-8-14(9-4-5-9)19(15,16)11-7-6-10(18-11)12(13)17/h6-7,9H,2-5,8H2,1H3,(H2,13,17). The molecule has 0 spiro atoms. The molecule has 1 aromatic rings. The summed E-state index contributed by atoms with van der Waals surface area (Å²) in [5.74, 6) is 0. The zero-order valence-electron chi connectivity index (χ0n) is 10.8.